The van der Waals surface area contributed by atoms with Crippen molar-refractivity contribution in [2.24, 2.45) is 5.73 Å². The molecule has 34 heavy (non-hydrogen) atoms. The number of carbonyl (C=O) groups is 2. The number of benzene rings is 2. The van der Waals surface area contributed by atoms with E-state index in [1.54, 1.807) is 30.6 Å². The average molecular weight is 473 g/mol. The van der Waals surface area contributed by atoms with Crippen molar-refractivity contribution in [1.29, 1.82) is 0 Å². The maximum atomic E-state index is 13.3. The van der Waals surface area contributed by atoms with E-state index in [2.05, 4.69) is 15.2 Å². The Labute approximate surface area is 199 Å². The van der Waals surface area contributed by atoms with E-state index in [9.17, 15) is 9.59 Å². The Bertz CT molecular complexity index is 1330. The van der Waals surface area contributed by atoms with Crippen molar-refractivity contribution in [2.75, 3.05) is 17.2 Å². The van der Waals surface area contributed by atoms with Gasteiger partial charge in [-0.3, -0.25) is 19.1 Å². The van der Waals surface area contributed by atoms with Gasteiger partial charge < -0.3 is 15.4 Å². The van der Waals surface area contributed by atoms with Crippen LogP contribution in [-0.4, -0.2) is 50.0 Å². The van der Waals surface area contributed by atoms with E-state index in [1.807, 2.05) is 53.1 Å². The molecule has 2 aromatic carbocycles. The number of rotatable bonds is 6. The van der Waals surface area contributed by atoms with E-state index < -0.39 is 12.0 Å². The number of nitrogens with two attached hydrogens (primary N) is 1. The number of ether oxygens (including phenoxy) is 1. The van der Waals surface area contributed by atoms with Gasteiger partial charge in [0.2, 0.25) is 5.91 Å². The Morgan fingerprint density at radius 1 is 1.03 bits per heavy atom. The van der Waals surface area contributed by atoms with Crippen molar-refractivity contribution in [3.63, 3.8) is 0 Å². The summed E-state index contributed by atoms with van der Waals surface area (Å²) in [7, 11) is 0. The molecule has 1 unspecified atom stereocenters. The summed E-state index contributed by atoms with van der Waals surface area (Å²) in [5, 5.41) is 9.28. The van der Waals surface area contributed by atoms with Crippen LogP contribution in [0.4, 0.5) is 5.69 Å². The highest BCUT2D eigenvalue weighted by molar-refractivity contribution is 7.99. The molecule has 4 aromatic rings. The first kappa shape index (κ1) is 21.7. The zero-order valence-corrected chi connectivity index (χ0v) is 18.8. The molecule has 5 rings (SSSR count). The molecular weight excluding hydrogens is 452 g/mol. The maximum absolute atomic E-state index is 13.3. The number of hydrogen-bond donors (Lipinski definition) is 1. The molecule has 170 valence electrons. The van der Waals surface area contributed by atoms with Crippen molar-refractivity contribution < 1.29 is 14.3 Å². The number of amides is 2. The number of anilines is 1. The summed E-state index contributed by atoms with van der Waals surface area (Å²) in [5.41, 5.74) is 7.74. The van der Waals surface area contributed by atoms with Crippen LogP contribution >= 0.6 is 11.8 Å². The first-order chi connectivity index (χ1) is 16.6. The molecule has 0 saturated carbocycles. The van der Waals surface area contributed by atoms with Crippen molar-refractivity contribution in [3.05, 3.63) is 79.1 Å². The summed E-state index contributed by atoms with van der Waals surface area (Å²) < 4.78 is 7.56. The minimum Gasteiger partial charge on any atom is -0.477 e. The van der Waals surface area contributed by atoms with Crippen LogP contribution in [0.15, 0.2) is 84.3 Å². The Balaban J connectivity index is 1.43. The molecule has 0 saturated heterocycles. The van der Waals surface area contributed by atoms with Gasteiger partial charge in [-0.2, -0.15) is 0 Å². The Hall–Kier alpha value is -4.18. The van der Waals surface area contributed by atoms with Crippen LogP contribution in [-0.2, 0) is 9.59 Å². The summed E-state index contributed by atoms with van der Waals surface area (Å²) in [5.74, 6) is 0.335. The van der Waals surface area contributed by atoms with Gasteiger partial charge in [-0.25, -0.2) is 0 Å². The lowest BCUT2D eigenvalue weighted by molar-refractivity contribution is -0.125. The van der Waals surface area contributed by atoms with E-state index in [4.69, 9.17) is 10.5 Å². The maximum Gasteiger partial charge on any atom is 0.260 e. The van der Waals surface area contributed by atoms with Gasteiger partial charge in [0.15, 0.2) is 17.1 Å². The topological polar surface area (TPSA) is 116 Å². The molecule has 10 heteroatoms. The predicted octanol–water partition coefficient (Wildman–Crippen LogP) is 2.70. The minimum atomic E-state index is -0.908. The van der Waals surface area contributed by atoms with Gasteiger partial charge in [0.05, 0.1) is 18.0 Å². The largest absolute Gasteiger partial charge is 0.477 e. The first-order valence-corrected chi connectivity index (χ1v) is 11.5. The molecule has 1 aliphatic heterocycles. The van der Waals surface area contributed by atoms with Crippen LogP contribution in [0.25, 0.3) is 17.1 Å². The highest BCUT2D eigenvalue weighted by atomic mass is 32.2. The lowest BCUT2D eigenvalue weighted by Gasteiger charge is -2.33. The second-order valence-corrected chi connectivity index (χ2v) is 8.43. The first-order valence-electron chi connectivity index (χ1n) is 10.5. The molecule has 0 spiro atoms. The second kappa shape index (κ2) is 9.36. The molecule has 1 atom stereocenters. The van der Waals surface area contributed by atoms with Crippen LogP contribution in [0.1, 0.15) is 0 Å². The Kier molecular flexibility index (Phi) is 5.96. The number of fused-ring (bicyclic) bond motifs is 1. The number of carbonyl (C=O) groups excluding carboxylic acids is 2. The summed E-state index contributed by atoms with van der Waals surface area (Å²) in [4.78, 5) is 30.8. The average Bonchev–Trinajstić information content (AvgIpc) is 3.31. The van der Waals surface area contributed by atoms with Gasteiger partial charge in [-0.1, -0.05) is 42.1 Å². The third-order valence-corrected chi connectivity index (χ3v) is 6.20. The third kappa shape index (κ3) is 4.23. The molecule has 1 aliphatic rings. The predicted molar refractivity (Wildman–Crippen MR) is 128 cm³/mol. The lowest BCUT2D eigenvalue weighted by atomic mass is 10.2. The number of thioether (sulfide) groups is 1. The fourth-order valence-electron chi connectivity index (χ4n) is 3.68. The molecule has 2 aromatic heterocycles. The van der Waals surface area contributed by atoms with E-state index in [0.29, 0.717) is 22.4 Å². The smallest absolute Gasteiger partial charge is 0.260 e. The van der Waals surface area contributed by atoms with E-state index in [1.165, 1.54) is 16.7 Å². The number of primary amides is 1. The lowest BCUT2D eigenvalue weighted by Crippen LogP contribution is -2.49. The van der Waals surface area contributed by atoms with Gasteiger partial charge in [0.1, 0.15) is 5.75 Å². The SMILES string of the molecule is NC(=O)C1CN(C(=O)CSc2nnc(-c3cccnc3)n2-c2ccccc2)c2ccccc2O1. The van der Waals surface area contributed by atoms with Gasteiger partial charge in [0, 0.05) is 23.6 Å². The second-order valence-electron chi connectivity index (χ2n) is 7.49. The van der Waals surface area contributed by atoms with Gasteiger partial charge in [0.25, 0.3) is 5.91 Å². The quantitative estimate of drug-likeness (QED) is 0.429. The fourth-order valence-corrected chi connectivity index (χ4v) is 4.51. The van der Waals surface area contributed by atoms with E-state index in [0.717, 1.165) is 11.3 Å². The number of hydrogen-bond acceptors (Lipinski definition) is 7. The van der Waals surface area contributed by atoms with Crippen molar-refractivity contribution in [3.8, 4) is 22.8 Å². The normalized spacial score (nSPS) is 14.8. The Morgan fingerprint density at radius 2 is 1.82 bits per heavy atom. The summed E-state index contributed by atoms with van der Waals surface area (Å²) >= 11 is 1.26. The molecule has 0 aliphatic carbocycles. The Morgan fingerprint density at radius 3 is 2.59 bits per heavy atom. The molecule has 2 amide bonds. The highest BCUT2D eigenvalue weighted by Gasteiger charge is 2.32. The minimum absolute atomic E-state index is 0.0536. The van der Waals surface area contributed by atoms with Gasteiger partial charge in [-0.15, -0.1) is 10.2 Å². The molecule has 2 N–H and O–H groups in total. The highest BCUT2D eigenvalue weighted by Crippen LogP contribution is 2.34. The van der Waals surface area contributed by atoms with Gasteiger partial charge >= 0.3 is 0 Å². The molecular formula is C24H20N6O3S. The number of pyridine rings is 1. The number of para-hydroxylation sites is 3. The van der Waals surface area contributed by atoms with Crippen LogP contribution in [0.5, 0.6) is 5.75 Å². The molecule has 0 radical (unpaired) electrons. The van der Waals surface area contributed by atoms with Crippen molar-refractivity contribution >= 4 is 29.3 Å². The van der Waals surface area contributed by atoms with Crippen molar-refractivity contribution in [2.45, 2.75) is 11.3 Å². The molecule has 0 bridgehead atoms. The standard InChI is InChI=1S/C24H20N6O3S/c25-22(32)20-14-29(18-10-4-5-11-19(18)33-20)21(31)15-34-24-28-27-23(16-7-6-12-26-13-16)30(24)17-8-2-1-3-9-17/h1-13,20H,14-15H2,(H2,25,32). The molecule has 9 nitrogen and oxygen atoms in total. The van der Waals surface area contributed by atoms with E-state index >= 15 is 0 Å². The summed E-state index contributed by atoms with van der Waals surface area (Å²) in [6, 6.07) is 20.5. The van der Waals surface area contributed by atoms with Crippen LogP contribution < -0.4 is 15.4 Å². The third-order valence-electron chi connectivity index (χ3n) is 5.28. The molecule has 3 heterocycles. The monoisotopic (exact) mass is 472 g/mol. The van der Waals surface area contributed by atoms with Gasteiger partial charge in [-0.05, 0) is 36.4 Å². The number of nitrogens with zero attached hydrogens (tertiary/aromatic N) is 5. The van der Waals surface area contributed by atoms with Crippen LogP contribution in [0, 0.1) is 0 Å². The zero-order valence-electron chi connectivity index (χ0n) is 17.9. The summed E-state index contributed by atoms with van der Waals surface area (Å²) in [6.45, 7) is 0.0536. The fraction of sp³-hybridized carbons (Fsp3) is 0.125. The van der Waals surface area contributed by atoms with E-state index in [-0.39, 0.29) is 18.2 Å². The van der Waals surface area contributed by atoms with Crippen molar-refractivity contribution in [1.82, 2.24) is 19.7 Å². The van der Waals surface area contributed by atoms with Crippen LogP contribution in [0.3, 0.4) is 0 Å². The number of aromatic nitrogens is 4. The molecule has 0 fully saturated rings. The summed E-state index contributed by atoms with van der Waals surface area (Å²) in [6.07, 6.45) is 2.51. The van der Waals surface area contributed by atoms with Crippen LogP contribution in [0.2, 0.25) is 0 Å². The zero-order chi connectivity index (χ0) is 23.5.